The fourth-order valence-corrected chi connectivity index (χ4v) is 2.46. The van der Waals surface area contributed by atoms with Crippen LogP contribution in [0.25, 0.3) is 0 Å². The fraction of sp³-hybridized carbons (Fsp3) is 0.714. The van der Waals surface area contributed by atoms with Crippen LogP contribution >= 0.6 is 0 Å². The van der Waals surface area contributed by atoms with E-state index in [1.54, 1.807) is 4.90 Å². The van der Waals surface area contributed by atoms with Gasteiger partial charge in [0.2, 0.25) is 5.91 Å². The lowest BCUT2D eigenvalue weighted by Gasteiger charge is -2.13. The van der Waals surface area contributed by atoms with Crippen molar-refractivity contribution in [2.75, 3.05) is 32.7 Å². The monoisotopic (exact) mass is 264 g/mol. The maximum atomic E-state index is 11.4. The highest BCUT2D eigenvalue weighted by atomic mass is 16.5. The van der Waals surface area contributed by atoms with Crippen molar-refractivity contribution >= 4 is 11.9 Å². The molecule has 0 aromatic carbocycles. The Balaban J connectivity index is 1.66. The summed E-state index contributed by atoms with van der Waals surface area (Å²) in [5.74, 6) is 6.13. The van der Waals surface area contributed by atoms with Crippen LogP contribution in [-0.4, -0.2) is 60.5 Å². The minimum Gasteiger partial charge on any atom is -0.461 e. The van der Waals surface area contributed by atoms with E-state index in [1.807, 2.05) is 0 Å². The third kappa shape index (κ3) is 4.25. The Hall–Kier alpha value is -1.54. The van der Waals surface area contributed by atoms with E-state index >= 15 is 0 Å². The summed E-state index contributed by atoms with van der Waals surface area (Å²) in [6.45, 7) is 5.17. The zero-order chi connectivity index (χ0) is 13.7. The van der Waals surface area contributed by atoms with Crippen molar-refractivity contribution in [1.29, 1.82) is 0 Å². The van der Waals surface area contributed by atoms with Crippen LogP contribution in [0.3, 0.4) is 0 Å². The molecule has 2 heterocycles. The summed E-state index contributed by atoms with van der Waals surface area (Å²) < 4.78 is 5.16. The van der Waals surface area contributed by atoms with E-state index in [0.717, 1.165) is 32.5 Å². The molecule has 0 aromatic heterocycles. The third-order valence-electron chi connectivity index (χ3n) is 3.43. The Morgan fingerprint density at radius 1 is 1.37 bits per heavy atom. The van der Waals surface area contributed by atoms with Gasteiger partial charge in [-0.3, -0.25) is 14.5 Å². The van der Waals surface area contributed by atoms with Crippen molar-refractivity contribution in [2.45, 2.75) is 32.3 Å². The first kappa shape index (κ1) is 13.9. The first-order chi connectivity index (χ1) is 9.15. The fourth-order valence-electron chi connectivity index (χ4n) is 2.46. The molecular formula is C14H20N2O3. The maximum Gasteiger partial charge on any atom is 0.302 e. The van der Waals surface area contributed by atoms with E-state index in [9.17, 15) is 9.59 Å². The molecule has 0 saturated carbocycles. The molecule has 2 aliphatic rings. The number of carbonyl (C=O) groups excluding carboxylic acids is 2. The topological polar surface area (TPSA) is 49.9 Å². The van der Waals surface area contributed by atoms with Crippen molar-refractivity contribution in [3.63, 3.8) is 0 Å². The Kier molecular flexibility index (Phi) is 4.80. The summed E-state index contributed by atoms with van der Waals surface area (Å²) in [6.07, 6.45) is 2.51. The van der Waals surface area contributed by atoms with E-state index in [0.29, 0.717) is 19.5 Å². The van der Waals surface area contributed by atoms with Crippen LogP contribution in [0.5, 0.6) is 0 Å². The highest BCUT2D eigenvalue weighted by Gasteiger charge is 2.23. The van der Waals surface area contributed by atoms with E-state index in [1.165, 1.54) is 6.92 Å². The van der Waals surface area contributed by atoms with E-state index in [2.05, 4.69) is 16.7 Å². The molecule has 2 saturated heterocycles. The van der Waals surface area contributed by atoms with Gasteiger partial charge in [-0.05, 0) is 12.8 Å². The van der Waals surface area contributed by atoms with Gasteiger partial charge < -0.3 is 9.64 Å². The molecule has 19 heavy (non-hydrogen) atoms. The molecule has 0 aromatic rings. The lowest BCUT2D eigenvalue weighted by atomic mass is 10.3. The Bertz CT molecular complexity index is 411. The minimum absolute atomic E-state index is 0.0134. The number of hydrogen-bond donors (Lipinski definition) is 0. The average Bonchev–Trinajstić information content (AvgIpc) is 2.94. The van der Waals surface area contributed by atoms with E-state index < -0.39 is 0 Å². The normalized spacial score (nSPS) is 23.3. The van der Waals surface area contributed by atoms with Crippen molar-refractivity contribution in [3.8, 4) is 11.8 Å². The van der Waals surface area contributed by atoms with Crippen molar-refractivity contribution < 1.29 is 14.3 Å². The SMILES string of the molecule is CC(=O)O[C@H]1CCN(CC#CCN2CCCC2=O)C1. The Morgan fingerprint density at radius 3 is 2.84 bits per heavy atom. The second kappa shape index (κ2) is 6.58. The van der Waals surface area contributed by atoms with Gasteiger partial charge in [-0.15, -0.1) is 0 Å². The minimum atomic E-state index is -0.217. The molecule has 2 aliphatic heterocycles. The number of ether oxygens (including phenoxy) is 1. The van der Waals surface area contributed by atoms with E-state index in [-0.39, 0.29) is 18.0 Å². The zero-order valence-corrected chi connectivity index (χ0v) is 11.4. The van der Waals surface area contributed by atoms with Gasteiger partial charge in [-0.25, -0.2) is 0 Å². The van der Waals surface area contributed by atoms with Crippen molar-refractivity contribution in [3.05, 3.63) is 0 Å². The average molecular weight is 264 g/mol. The maximum absolute atomic E-state index is 11.4. The van der Waals surface area contributed by atoms with Gasteiger partial charge in [0.25, 0.3) is 0 Å². The molecular weight excluding hydrogens is 244 g/mol. The summed E-state index contributed by atoms with van der Waals surface area (Å²) in [6, 6.07) is 0. The van der Waals surface area contributed by atoms with Gasteiger partial charge in [-0.1, -0.05) is 11.8 Å². The van der Waals surface area contributed by atoms with Crippen LogP contribution in [0.1, 0.15) is 26.2 Å². The lowest BCUT2D eigenvalue weighted by molar-refractivity contribution is -0.145. The second-order valence-corrected chi connectivity index (χ2v) is 5.03. The summed E-state index contributed by atoms with van der Waals surface area (Å²) in [4.78, 5) is 26.2. The Morgan fingerprint density at radius 2 is 2.16 bits per heavy atom. The molecule has 0 spiro atoms. The third-order valence-corrected chi connectivity index (χ3v) is 3.43. The lowest BCUT2D eigenvalue weighted by Crippen LogP contribution is -2.26. The second-order valence-electron chi connectivity index (χ2n) is 5.03. The van der Waals surface area contributed by atoms with Gasteiger partial charge in [0.05, 0.1) is 13.1 Å². The van der Waals surface area contributed by atoms with Gasteiger partial charge >= 0.3 is 5.97 Å². The predicted octanol–water partition coefficient (Wildman–Crippen LogP) is 0.250. The van der Waals surface area contributed by atoms with Crippen LogP contribution in [0.2, 0.25) is 0 Å². The number of carbonyl (C=O) groups is 2. The summed E-state index contributed by atoms with van der Waals surface area (Å²) >= 11 is 0. The molecule has 1 atom stereocenters. The number of esters is 1. The number of hydrogen-bond acceptors (Lipinski definition) is 4. The molecule has 5 heteroatoms. The summed E-state index contributed by atoms with van der Waals surface area (Å²) in [5.41, 5.74) is 0. The molecule has 0 bridgehead atoms. The smallest absolute Gasteiger partial charge is 0.302 e. The summed E-state index contributed by atoms with van der Waals surface area (Å²) in [7, 11) is 0. The molecule has 1 amide bonds. The van der Waals surface area contributed by atoms with Crippen LogP contribution in [0, 0.1) is 11.8 Å². The summed E-state index contributed by atoms with van der Waals surface area (Å²) in [5, 5.41) is 0. The first-order valence-electron chi connectivity index (χ1n) is 6.78. The van der Waals surface area contributed by atoms with Crippen LogP contribution < -0.4 is 0 Å². The Labute approximate surface area is 113 Å². The quantitative estimate of drug-likeness (QED) is 0.541. The standard InChI is InChI=1S/C14H20N2O3/c1-12(17)19-13-6-10-15(11-13)7-2-3-8-16-9-4-5-14(16)18/h13H,4-11H2,1H3/t13-/m0/s1. The first-order valence-corrected chi connectivity index (χ1v) is 6.78. The van der Waals surface area contributed by atoms with Gasteiger partial charge in [0, 0.05) is 33.0 Å². The molecule has 0 N–H and O–H groups in total. The zero-order valence-electron chi connectivity index (χ0n) is 11.4. The molecule has 0 radical (unpaired) electrons. The van der Waals surface area contributed by atoms with Crippen molar-refractivity contribution in [2.24, 2.45) is 0 Å². The van der Waals surface area contributed by atoms with E-state index in [4.69, 9.17) is 4.74 Å². The number of rotatable bonds is 3. The van der Waals surface area contributed by atoms with Crippen LogP contribution in [-0.2, 0) is 14.3 Å². The van der Waals surface area contributed by atoms with Crippen LogP contribution in [0.4, 0.5) is 0 Å². The largest absolute Gasteiger partial charge is 0.461 e. The molecule has 104 valence electrons. The van der Waals surface area contributed by atoms with Crippen molar-refractivity contribution in [1.82, 2.24) is 9.80 Å². The predicted molar refractivity (Wildman–Crippen MR) is 70.2 cm³/mol. The highest BCUT2D eigenvalue weighted by molar-refractivity contribution is 5.78. The molecule has 2 rings (SSSR count). The van der Waals surface area contributed by atoms with Gasteiger partial charge in [0.1, 0.15) is 6.10 Å². The highest BCUT2D eigenvalue weighted by Crippen LogP contribution is 2.12. The molecule has 0 aliphatic carbocycles. The number of likely N-dealkylation sites (tertiary alicyclic amines) is 2. The number of amides is 1. The van der Waals surface area contributed by atoms with Gasteiger partial charge in [-0.2, -0.15) is 0 Å². The van der Waals surface area contributed by atoms with Gasteiger partial charge in [0.15, 0.2) is 0 Å². The number of nitrogens with zero attached hydrogens (tertiary/aromatic N) is 2. The molecule has 2 fully saturated rings. The molecule has 5 nitrogen and oxygen atoms in total. The molecule has 0 unspecified atom stereocenters. The van der Waals surface area contributed by atoms with Crippen LogP contribution in [0.15, 0.2) is 0 Å².